The molecule has 2 N–H and O–H groups in total. The van der Waals surface area contributed by atoms with E-state index in [2.05, 4.69) is 46.7 Å². The van der Waals surface area contributed by atoms with Crippen LogP contribution in [0, 0.1) is 0 Å². The SMILES string of the molecule is COc1ccc(CCNCc2ccc3[nH]ccc3c2)cc1. The number of nitrogens with one attached hydrogen (secondary N) is 2. The third-order valence-corrected chi connectivity index (χ3v) is 3.70. The number of fused-ring (bicyclic) bond motifs is 1. The highest BCUT2D eigenvalue weighted by Crippen LogP contribution is 2.14. The summed E-state index contributed by atoms with van der Waals surface area (Å²) in [5, 5.41) is 4.76. The summed E-state index contributed by atoms with van der Waals surface area (Å²) in [5.41, 5.74) is 3.83. The molecule has 0 atom stereocenters. The van der Waals surface area contributed by atoms with Crippen molar-refractivity contribution in [3.8, 4) is 5.75 Å². The monoisotopic (exact) mass is 280 g/mol. The molecule has 0 aliphatic rings. The molecule has 0 radical (unpaired) electrons. The van der Waals surface area contributed by atoms with Gasteiger partial charge in [-0.2, -0.15) is 0 Å². The minimum absolute atomic E-state index is 0.900. The molecule has 2 aromatic carbocycles. The van der Waals surface area contributed by atoms with Crippen molar-refractivity contribution in [3.63, 3.8) is 0 Å². The quantitative estimate of drug-likeness (QED) is 0.678. The van der Waals surface area contributed by atoms with E-state index in [1.807, 2.05) is 18.3 Å². The Bertz CT molecular complexity index is 701. The zero-order valence-corrected chi connectivity index (χ0v) is 12.2. The van der Waals surface area contributed by atoms with Crippen molar-refractivity contribution in [3.05, 3.63) is 65.9 Å². The average molecular weight is 280 g/mol. The molecule has 0 amide bonds. The molecule has 3 aromatic rings. The van der Waals surface area contributed by atoms with Crippen molar-refractivity contribution in [2.24, 2.45) is 0 Å². The van der Waals surface area contributed by atoms with Gasteiger partial charge in [0.2, 0.25) is 0 Å². The highest BCUT2D eigenvalue weighted by Gasteiger charge is 1.98. The first-order valence-electron chi connectivity index (χ1n) is 7.25. The Labute approximate surface area is 125 Å². The molecule has 108 valence electrons. The summed E-state index contributed by atoms with van der Waals surface area (Å²) in [6.07, 6.45) is 3.00. The molecule has 0 aliphatic heterocycles. The van der Waals surface area contributed by atoms with Crippen LogP contribution in [0.15, 0.2) is 54.7 Å². The summed E-state index contributed by atoms with van der Waals surface area (Å²) in [6.45, 7) is 1.87. The Balaban J connectivity index is 1.48. The Morgan fingerprint density at radius 2 is 1.81 bits per heavy atom. The van der Waals surface area contributed by atoms with E-state index in [4.69, 9.17) is 4.74 Å². The summed E-state index contributed by atoms with van der Waals surface area (Å²) >= 11 is 0. The van der Waals surface area contributed by atoms with Gasteiger partial charge in [0.15, 0.2) is 0 Å². The van der Waals surface area contributed by atoms with Gasteiger partial charge in [0.1, 0.15) is 5.75 Å². The van der Waals surface area contributed by atoms with Gasteiger partial charge in [0.05, 0.1) is 7.11 Å². The van der Waals surface area contributed by atoms with Gasteiger partial charge in [-0.25, -0.2) is 0 Å². The maximum atomic E-state index is 5.16. The molecule has 0 bridgehead atoms. The molecule has 3 heteroatoms. The zero-order valence-electron chi connectivity index (χ0n) is 12.2. The van der Waals surface area contributed by atoms with Gasteiger partial charge in [-0.05, 0) is 59.8 Å². The van der Waals surface area contributed by atoms with E-state index in [-0.39, 0.29) is 0 Å². The van der Waals surface area contributed by atoms with Crippen LogP contribution in [0.5, 0.6) is 5.75 Å². The molecule has 1 aromatic heterocycles. The van der Waals surface area contributed by atoms with E-state index in [0.717, 1.165) is 25.3 Å². The number of rotatable bonds is 6. The number of benzene rings is 2. The third-order valence-electron chi connectivity index (χ3n) is 3.70. The lowest BCUT2D eigenvalue weighted by atomic mass is 10.1. The number of methoxy groups -OCH3 is 1. The van der Waals surface area contributed by atoms with Crippen LogP contribution >= 0.6 is 0 Å². The molecule has 0 saturated carbocycles. The highest BCUT2D eigenvalue weighted by atomic mass is 16.5. The van der Waals surface area contributed by atoms with Gasteiger partial charge in [0.25, 0.3) is 0 Å². The zero-order chi connectivity index (χ0) is 14.5. The molecule has 0 fully saturated rings. The predicted molar refractivity (Wildman–Crippen MR) is 86.7 cm³/mol. The number of aromatic nitrogens is 1. The lowest BCUT2D eigenvalue weighted by molar-refractivity contribution is 0.414. The molecule has 3 rings (SSSR count). The summed E-state index contributed by atoms with van der Waals surface area (Å²) in [5.74, 6) is 0.909. The van der Waals surface area contributed by atoms with Crippen molar-refractivity contribution >= 4 is 10.9 Å². The highest BCUT2D eigenvalue weighted by molar-refractivity contribution is 5.79. The minimum atomic E-state index is 0.900. The van der Waals surface area contributed by atoms with Crippen molar-refractivity contribution in [1.29, 1.82) is 0 Å². The first-order valence-corrected chi connectivity index (χ1v) is 7.25. The minimum Gasteiger partial charge on any atom is -0.497 e. The summed E-state index contributed by atoms with van der Waals surface area (Å²) < 4.78 is 5.16. The second kappa shape index (κ2) is 6.46. The van der Waals surface area contributed by atoms with E-state index in [1.165, 1.54) is 22.0 Å². The fraction of sp³-hybridized carbons (Fsp3) is 0.222. The largest absolute Gasteiger partial charge is 0.497 e. The Hall–Kier alpha value is -2.26. The Kier molecular flexibility index (Phi) is 4.22. The fourth-order valence-electron chi connectivity index (χ4n) is 2.47. The number of hydrogen-bond donors (Lipinski definition) is 2. The number of ether oxygens (including phenoxy) is 1. The van der Waals surface area contributed by atoms with Crippen molar-refractivity contribution in [2.75, 3.05) is 13.7 Å². The summed E-state index contributed by atoms with van der Waals surface area (Å²) in [4.78, 5) is 3.21. The van der Waals surface area contributed by atoms with Gasteiger partial charge >= 0.3 is 0 Å². The van der Waals surface area contributed by atoms with Crippen molar-refractivity contribution in [2.45, 2.75) is 13.0 Å². The van der Waals surface area contributed by atoms with Crippen LogP contribution in [-0.4, -0.2) is 18.6 Å². The molecular formula is C18H20N2O. The van der Waals surface area contributed by atoms with Crippen molar-refractivity contribution < 1.29 is 4.74 Å². The average Bonchev–Trinajstić information content (AvgIpc) is 3.00. The maximum absolute atomic E-state index is 5.16. The third kappa shape index (κ3) is 3.44. The van der Waals surface area contributed by atoms with Crippen LogP contribution in [0.4, 0.5) is 0 Å². The number of aromatic amines is 1. The van der Waals surface area contributed by atoms with Gasteiger partial charge in [-0.15, -0.1) is 0 Å². The molecule has 3 nitrogen and oxygen atoms in total. The molecule has 1 heterocycles. The second-order valence-corrected chi connectivity index (χ2v) is 5.17. The Morgan fingerprint density at radius 1 is 1.00 bits per heavy atom. The smallest absolute Gasteiger partial charge is 0.118 e. The molecular weight excluding hydrogens is 260 g/mol. The normalized spacial score (nSPS) is 10.9. The standard InChI is InChI=1S/C18H20N2O/c1-21-17-5-2-14(3-6-17)8-10-19-13-15-4-7-18-16(12-15)9-11-20-18/h2-7,9,11-12,19-20H,8,10,13H2,1H3. The predicted octanol–water partition coefficient (Wildman–Crippen LogP) is 3.51. The molecule has 0 saturated heterocycles. The van der Waals surface area contributed by atoms with Gasteiger partial charge < -0.3 is 15.0 Å². The number of hydrogen-bond acceptors (Lipinski definition) is 2. The van der Waals surface area contributed by atoms with E-state index >= 15 is 0 Å². The van der Waals surface area contributed by atoms with Crippen molar-refractivity contribution in [1.82, 2.24) is 10.3 Å². The van der Waals surface area contributed by atoms with Gasteiger partial charge in [-0.1, -0.05) is 18.2 Å². The lowest BCUT2D eigenvalue weighted by Crippen LogP contribution is -2.16. The first kappa shape index (κ1) is 13.7. The maximum Gasteiger partial charge on any atom is 0.118 e. The van der Waals surface area contributed by atoms with Crippen LogP contribution in [0.25, 0.3) is 10.9 Å². The summed E-state index contributed by atoms with van der Waals surface area (Å²) in [6, 6.07) is 16.9. The van der Waals surface area contributed by atoms with E-state index < -0.39 is 0 Å². The van der Waals surface area contributed by atoms with E-state index in [0.29, 0.717) is 0 Å². The molecule has 21 heavy (non-hydrogen) atoms. The van der Waals surface area contributed by atoms with Crippen LogP contribution in [0.2, 0.25) is 0 Å². The Morgan fingerprint density at radius 3 is 2.62 bits per heavy atom. The van der Waals surface area contributed by atoms with Crippen LogP contribution in [0.1, 0.15) is 11.1 Å². The van der Waals surface area contributed by atoms with Crippen LogP contribution in [0.3, 0.4) is 0 Å². The van der Waals surface area contributed by atoms with Crippen LogP contribution in [-0.2, 0) is 13.0 Å². The van der Waals surface area contributed by atoms with Gasteiger partial charge in [0, 0.05) is 18.3 Å². The summed E-state index contributed by atoms with van der Waals surface area (Å²) in [7, 11) is 1.69. The van der Waals surface area contributed by atoms with E-state index in [9.17, 15) is 0 Å². The second-order valence-electron chi connectivity index (χ2n) is 5.17. The molecule has 0 aliphatic carbocycles. The fourth-order valence-corrected chi connectivity index (χ4v) is 2.47. The topological polar surface area (TPSA) is 37.0 Å². The first-order chi connectivity index (χ1) is 10.3. The van der Waals surface area contributed by atoms with Crippen LogP contribution < -0.4 is 10.1 Å². The lowest BCUT2D eigenvalue weighted by Gasteiger charge is -2.06. The number of H-pyrrole nitrogens is 1. The van der Waals surface area contributed by atoms with Gasteiger partial charge in [-0.3, -0.25) is 0 Å². The van der Waals surface area contributed by atoms with E-state index in [1.54, 1.807) is 7.11 Å². The molecule has 0 unspecified atom stereocenters. The molecule has 0 spiro atoms.